The van der Waals surface area contributed by atoms with Gasteiger partial charge in [0.1, 0.15) is 18.2 Å². The third-order valence-corrected chi connectivity index (χ3v) is 3.27. The number of halogens is 2. The number of benzene rings is 1. The van der Waals surface area contributed by atoms with Crippen molar-refractivity contribution in [3.63, 3.8) is 0 Å². The zero-order valence-electron chi connectivity index (χ0n) is 11.0. The Kier molecular flexibility index (Phi) is 4.73. The fraction of sp³-hybridized carbons (Fsp3) is 0.462. The summed E-state index contributed by atoms with van der Waals surface area (Å²) < 4.78 is 31.2. The van der Waals surface area contributed by atoms with E-state index in [2.05, 4.69) is 9.64 Å². The Labute approximate surface area is 115 Å². The second-order valence-corrected chi connectivity index (χ2v) is 4.59. The maximum Gasteiger partial charge on any atom is 0.404 e. The Balaban J connectivity index is 1.83. The van der Waals surface area contributed by atoms with E-state index in [1.54, 1.807) is 0 Å². The van der Waals surface area contributed by atoms with Gasteiger partial charge in [-0.05, 0) is 12.1 Å². The van der Waals surface area contributed by atoms with Crippen LogP contribution in [0.15, 0.2) is 18.2 Å². The van der Waals surface area contributed by atoms with Crippen molar-refractivity contribution in [2.45, 2.75) is 0 Å². The van der Waals surface area contributed by atoms with E-state index in [9.17, 15) is 13.6 Å². The molecule has 1 aromatic carbocycles. The Hall–Kier alpha value is -1.89. The van der Waals surface area contributed by atoms with E-state index in [1.807, 2.05) is 4.90 Å². The highest BCUT2D eigenvalue weighted by Gasteiger charge is 2.19. The van der Waals surface area contributed by atoms with Crippen LogP contribution in [0.25, 0.3) is 0 Å². The van der Waals surface area contributed by atoms with Crippen molar-refractivity contribution in [2.24, 2.45) is 5.73 Å². The average molecular weight is 285 g/mol. The molecule has 0 aromatic heterocycles. The van der Waals surface area contributed by atoms with Crippen LogP contribution in [0.2, 0.25) is 0 Å². The van der Waals surface area contributed by atoms with E-state index in [0.29, 0.717) is 25.3 Å². The van der Waals surface area contributed by atoms with Gasteiger partial charge in [0.2, 0.25) is 0 Å². The molecule has 1 aliphatic rings. The van der Waals surface area contributed by atoms with Crippen molar-refractivity contribution in [3.8, 4) is 0 Å². The SMILES string of the molecule is NC(=O)OCCN1CCN(c2ccc(F)cc2F)CC1. The third-order valence-electron chi connectivity index (χ3n) is 3.27. The molecule has 5 nitrogen and oxygen atoms in total. The van der Waals surface area contributed by atoms with Crippen LogP contribution in [0.1, 0.15) is 0 Å². The number of hydrogen-bond acceptors (Lipinski definition) is 4. The van der Waals surface area contributed by atoms with Gasteiger partial charge in [-0.2, -0.15) is 0 Å². The lowest BCUT2D eigenvalue weighted by Crippen LogP contribution is -2.47. The summed E-state index contributed by atoms with van der Waals surface area (Å²) >= 11 is 0. The summed E-state index contributed by atoms with van der Waals surface area (Å²) in [6, 6.07) is 3.60. The quantitative estimate of drug-likeness (QED) is 0.902. The first-order valence-electron chi connectivity index (χ1n) is 6.41. The Morgan fingerprint density at radius 3 is 2.55 bits per heavy atom. The van der Waals surface area contributed by atoms with Gasteiger partial charge in [0.15, 0.2) is 0 Å². The first kappa shape index (κ1) is 14.5. The highest BCUT2D eigenvalue weighted by atomic mass is 19.1. The molecule has 0 bridgehead atoms. The smallest absolute Gasteiger partial charge is 0.404 e. The minimum absolute atomic E-state index is 0.250. The highest BCUT2D eigenvalue weighted by molar-refractivity contribution is 5.64. The van der Waals surface area contributed by atoms with Gasteiger partial charge in [-0.15, -0.1) is 0 Å². The number of rotatable bonds is 4. The van der Waals surface area contributed by atoms with Crippen molar-refractivity contribution < 1.29 is 18.3 Å². The lowest BCUT2D eigenvalue weighted by Gasteiger charge is -2.36. The summed E-state index contributed by atoms with van der Waals surface area (Å²) in [7, 11) is 0. The lowest BCUT2D eigenvalue weighted by atomic mass is 10.2. The van der Waals surface area contributed by atoms with Gasteiger partial charge in [0.25, 0.3) is 0 Å². The van der Waals surface area contributed by atoms with E-state index >= 15 is 0 Å². The molecule has 1 fully saturated rings. The maximum absolute atomic E-state index is 13.7. The van der Waals surface area contributed by atoms with Crippen molar-refractivity contribution in [2.75, 3.05) is 44.2 Å². The van der Waals surface area contributed by atoms with Crippen molar-refractivity contribution in [1.29, 1.82) is 0 Å². The predicted octanol–water partition coefficient (Wildman–Crippen LogP) is 1.18. The predicted molar refractivity (Wildman–Crippen MR) is 70.5 cm³/mol. The van der Waals surface area contributed by atoms with Crippen LogP contribution >= 0.6 is 0 Å². The van der Waals surface area contributed by atoms with Gasteiger partial charge >= 0.3 is 6.09 Å². The molecule has 1 saturated heterocycles. The Morgan fingerprint density at radius 2 is 1.95 bits per heavy atom. The van der Waals surface area contributed by atoms with E-state index < -0.39 is 17.7 Å². The van der Waals surface area contributed by atoms with Gasteiger partial charge in [-0.3, -0.25) is 4.90 Å². The molecule has 0 saturated carbocycles. The zero-order valence-corrected chi connectivity index (χ0v) is 11.0. The van der Waals surface area contributed by atoms with Gasteiger partial charge in [0, 0.05) is 38.8 Å². The zero-order chi connectivity index (χ0) is 14.5. The molecule has 2 N–H and O–H groups in total. The third kappa shape index (κ3) is 3.80. The summed E-state index contributed by atoms with van der Waals surface area (Å²) in [5.41, 5.74) is 5.29. The van der Waals surface area contributed by atoms with Crippen LogP contribution in [0.4, 0.5) is 19.3 Å². The van der Waals surface area contributed by atoms with Crippen LogP contribution in [0.3, 0.4) is 0 Å². The van der Waals surface area contributed by atoms with Gasteiger partial charge < -0.3 is 15.4 Å². The first-order chi connectivity index (χ1) is 9.56. The monoisotopic (exact) mass is 285 g/mol. The maximum atomic E-state index is 13.7. The topological polar surface area (TPSA) is 58.8 Å². The fourth-order valence-corrected chi connectivity index (χ4v) is 2.23. The van der Waals surface area contributed by atoms with Crippen LogP contribution in [0.5, 0.6) is 0 Å². The largest absolute Gasteiger partial charge is 0.448 e. The van der Waals surface area contributed by atoms with Gasteiger partial charge in [-0.25, -0.2) is 13.6 Å². The number of nitrogens with two attached hydrogens (primary N) is 1. The number of carbonyl (C=O) groups excluding carboxylic acids is 1. The molecule has 0 spiro atoms. The number of ether oxygens (including phenoxy) is 1. The highest BCUT2D eigenvalue weighted by Crippen LogP contribution is 2.21. The standard InChI is InChI=1S/C13H17F2N3O2/c14-10-1-2-12(11(15)9-10)18-5-3-17(4-6-18)7-8-20-13(16)19/h1-2,9H,3-8H2,(H2,16,19). The van der Waals surface area contributed by atoms with Crippen LogP contribution in [-0.2, 0) is 4.74 Å². The number of carbonyl (C=O) groups is 1. The summed E-state index contributed by atoms with van der Waals surface area (Å²) in [5.74, 6) is -1.12. The summed E-state index contributed by atoms with van der Waals surface area (Å²) in [6.07, 6.45) is -0.781. The average Bonchev–Trinajstić information content (AvgIpc) is 2.39. The lowest BCUT2D eigenvalue weighted by molar-refractivity contribution is 0.133. The molecule has 0 unspecified atom stereocenters. The molecular formula is C13H17F2N3O2. The fourth-order valence-electron chi connectivity index (χ4n) is 2.23. The van der Waals surface area contributed by atoms with Crippen molar-refractivity contribution in [3.05, 3.63) is 29.8 Å². The molecular weight excluding hydrogens is 268 g/mol. The number of amides is 1. The Bertz CT molecular complexity index is 477. The van der Waals surface area contributed by atoms with E-state index in [0.717, 1.165) is 19.2 Å². The Morgan fingerprint density at radius 1 is 1.25 bits per heavy atom. The molecule has 0 aliphatic carbocycles. The molecule has 20 heavy (non-hydrogen) atoms. The first-order valence-corrected chi connectivity index (χ1v) is 6.41. The second-order valence-electron chi connectivity index (χ2n) is 4.59. The minimum atomic E-state index is -0.781. The van der Waals surface area contributed by atoms with E-state index in [1.165, 1.54) is 12.1 Å². The molecule has 7 heteroatoms. The van der Waals surface area contributed by atoms with Crippen LogP contribution in [-0.4, -0.2) is 50.3 Å². The second kappa shape index (κ2) is 6.51. The van der Waals surface area contributed by atoms with Crippen LogP contribution in [0, 0.1) is 11.6 Å². The van der Waals surface area contributed by atoms with Gasteiger partial charge in [0.05, 0.1) is 5.69 Å². The number of piperazine rings is 1. The minimum Gasteiger partial charge on any atom is -0.448 e. The van der Waals surface area contributed by atoms with Gasteiger partial charge in [-0.1, -0.05) is 0 Å². The molecule has 1 heterocycles. The summed E-state index contributed by atoms with van der Waals surface area (Å²) in [6.45, 7) is 3.57. The molecule has 0 radical (unpaired) electrons. The molecule has 2 rings (SSSR count). The number of hydrogen-bond donors (Lipinski definition) is 1. The molecule has 1 amide bonds. The molecule has 110 valence electrons. The number of primary amides is 1. The normalized spacial score (nSPS) is 16.2. The summed E-state index contributed by atoms with van der Waals surface area (Å²) in [5, 5.41) is 0. The number of anilines is 1. The van der Waals surface area contributed by atoms with E-state index in [-0.39, 0.29) is 6.61 Å². The summed E-state index contributed by atoms with van der Waals surface area (Å²) in [4.78, 5) is 14.4. The number of nitrogens with zero attached hydrogens (tertiary/aromatic N) is 2. The van der Waals surface area contributed by atoms with Crippen molar-refractivity contribution >= 4 is 11.8 Å². The van der Waals surface area contributed by atoms with E-state index in [4.69, 9.17) is 5.73 Å². The van der Waals surface area contributed by atoms with Crippen LogP contribution < -0.4 is 10.6 Å². The molecule has 0 atom stereocenters. The van der Waals surface area contributed by atoms with Crippen molar-refractivity contribution in [1.82, 2.24) is 4.90 Å². The molecule has 1 aliphatic heterocycles. The molecule has 1 aromatic rings.